The summed E-state index contributed by atoms with van der Waals surface area (Å²) in [6.07, 6.45) is 2.51. The molecule has 1 heterocycles. The predicted octanol–water partition coefficient (Wildman–Crippen LogP) is 3.13. The Hall–Kier alpha value is -0.710. The van der Waals surface area contributed by atoms with Crippen molar-refractivity contribution in [1.29, 1.82) is 0 Å². The first kappa shape index (κ1) is 14.7. The van der Waals surface area contributed by atoms with Crippen LogP contribution in [0.25, 0.3) is 0 Å². The van der Waals surface area contributed by atoms with Gasteiger partial charge in [0.2, 0.25) is 0 Å². The van der Waals surface area contributed by atoms with Gasteiger partial charge in [0, 0.05) is 23.2 Å². The number of Topliss-reactive ketones (excluding diaryl/α,β-unsaturated/α-hetero) is 1. The van der Waals surface area contributed by atoms with Gasteiger partial charge >= 0.3 is 0 Å². The first-order valence-corrected chi connectivity index (χ1v) is 7.61. The van der Waals surface area contributed by atoms with Crippen LogP contribution in [-0.2, 0) is 4.74 Å². The molecule has 0 aromatic heterocycles. The third-order valence-corrected chi connectivity index (χ3v) is 3.93. The number of piperidine rings is 1. The van der Waals surface area contributed by atoms with Gasteiger partial charge < -0.3 is 4.74 Å². The molecule has 0 amide bonds. The van der Waals surface area contributed by atoms with E-state index in [0.717, 1.165) is 42.6 Å². The lowest BCUT2D eigenvalue weighted by atomic mass is 10.1. The SMILES string of the molecule is CCOC1CCCN(CC(=O)c2ccc(Br)cc2)C1. The van der Waals surface area contributed by atoms with Crippen LogP contribution in [0.5, 0.6) is 0 Å². The van der Waals surface area contributed by atoms with Crippen molar-refractivity contribution in [3.63, 3.8) is 0 Å². The third-order valence-electron chi connectivity index (χ3n) is 3.40. The van der Waals surface area contributed by atoms with Gasteiger partial charge in [0.15, 0.2) is 5.78 Å². The van der Waals surface area contributed by atoms with Crippen molar-refractivity contribution < 1.29 is 9.53 Å². The topological polar surface area (TPSA) is 29.5 Å². The van der Waals surface area contributed by atoms with Crippen molar-refractivity contribution >= 4 is 21.7 Å². The molecule has 0 radical (unpaired) electrons. The first-order chi connectivity index (χ1) is 9.19. The summed E-state index contributed by atoms with van der Waals surface area (Å²) in [7, 11) is 0. The van der Waals surface area contributed by atoms with E-state index in [1.807, 2.05) is 31.2 Å². The van der Waals surface area contributed by atoms with Crippen molar-refractivity contribution in [3.05, 3.63) is 34.3 Å². The minimum Gasteiger partial charge on any atom is -0.377 e. The largest absolute Gasteiger partial charge is 0.377 e. The molecule has 1 aliphatic rings. The molecule has 0 aliphatic carbocycles. The molecule has 1 aliphatic heterocycles. The van der Waals surface area contributed by atoms with Crippen LogP contribution in [-0.4, -0.2) is 43.0 Å². The Bertz CT molecular complexity index is 417. The number of carbonyl (C=O) groups excluding carboxylic acids is 1. The van der Waals surface area contributed by atoms with Crippen LogP contribution in [0, 0.1) is 0 Å². The van der Waals surface area contributed by atoms with Gasteiger partial charge in [0.1, 0.15) is 0 Å². The second-order valence-electron chi connectivity index (χ2n) is 4.88. The summed E-state index contributed by atoms with van der Waals surface area (Å²) >= 11 is 3.38. The van der Waals surface area contributed by atoms with Crippen molar-refractivity contribution in [2.24, 2.45) is 0 Å². The van der Waals surface area contributed by atoms with E-state index in [4.69, 9.17) is 4.74 Å². The Balaban J connectivity index is 1.89. The Morgan fingerprint density at radius 2 is 2.16 bits per heavy atom. The van der Waals surface area contributed by atoms with Crippen molar-refractivity contribution in [2.45, 2.75) is 25.9 Å². The summed E-state index contributed by atoms with van der Waals surface area (Å²) in [6, 6.07) is 7.56. The number of rotatable bonds is 5. The lowest BCUT2D eigenvalue weighted by molar-refractivity contribution is 0.00718. The van der Waals surface area contributed by atoms with Crippen LogP contribution in [0.2, 0.25) is 0 Å². The summed E-state index contributed by atoms with van der Waals surface area (Å²) in [5.41, 5.74) is 0.779. The number of ketones is 1. The van der Waals surface area contributed by atoms with Gasteiger partial charge in [-0.3, -0.25) is 9.69 Å². The molecule has 1 aromatic rings. The molecule has 2 rings (SSSR count). The zero-order valence-electron chi connectivity index (χ0n) is 11.3. The molecule has 19 heavy (non-hydrogen) atoms. The van der Waals surface area contributed by atoms with Gasteiger partial charge in [0.05, 0.1) is 12.6 Å². The van der Waals surface area contributed by atoms with E-state index in [1.165, 1.54) is 0 Å². The molecule has 0 spiro atoms. The zero-order valence-corrected chi connectivity index (χ0v) is 12.9. The van der Waals surface area contributed by atoms with Crippen molar-refractivity contribution in [3.8, 4) is 0 Å². The van der Waals surface area contributed by atoms with Crippen LogP contribution in [0.15, 0.2) is 28.7 Å². The highest BCUT2D eigenvalue weighted by atomic mass is 79.9. The van der Waals surface area contributed by atoms with Crippen molar-refractivity contribution in [1.82, 2.24) is 4.90 Å². The molecule has 1 saturated heterocycles. The second kappa shape index (κ2) is 7.17. The van der Waals surface area contributed by atoms with E-state index < -0.39 is 0 Å². The van der Waals surface area contributed by atoms with Crippen molar-refractivity contribution in [2.75, 3.05) is 26.2 Å². The van der Waals surface area contributed by atoms with E-state index in [2.05, 4.69) is 20.8 Å². The highest BCUT2D eigenvalue weighted by Crippen LogP contribution is 2.15. The maximum Gasteiger partial charge on any atom is 0.176 e. The van der Waals surface area contributed by atoms with Gasteiger partial charge in [-0.25, -0.2) is 0 Å². The monoisotopic (exact) mass is 325 g/mol. The number of carbonyl (C=O) groups is 1. The zero-order chi connectivity index (χ0) is 13.7. The summed E-state index contributed by atoms with van der Waals surface area (Å²) in [4.78, 5) is 14.4. The number of nitrogens with zero attached hydrogens (tertiary/aromatic N) is 1. The predicted molar refractivity (Wildman–Crippen MR) is 79.6 cm³/mol. The van der Waals surface area contributed by atoms with E-state index in [0.29, 0.717) is 6.54 Å². The Morgan fingerprint density at radius 1 is 1.42 bits per heavy atom. The standard InChI is InChI=1S/C15H20BrNO2/c1-2-19-14-4-3-9-17(10-14)11-15(18)12-5-7-13(16)8-6-12/h5-8,14H,2-4,9-11H2,1H3. The molecule has 104 valence electrons. The Kier molecular flexibility index (Phi) is 5.55. The normalized spacial score (nSPS) is 20.4. The second-order valence-corrected chi connectivity index (χ2v) is 5.80. The number of benzene rings is 1. The molecule has 1 unspecified atom stereocenters. The smallest absolute Gasteiger partial charge is 0.176 e. The molecule has 0 bridgehead atoms. The molecule has 1 atom stereocenters. The number of hydrogen-bond acceptors (Lipinski definition) is 3. The highest BCUT2D eigenvalue weighted by molar-refractivity contribution is 9.10. The minimum absolute atomic E-state index is 0.185. The van der Waals surface area contributed by atoms with Crippen LogP contribution >= 0.6 is 15.9 Å². The Morgan fingerprint density at radius 3 is 2.84 bits per heavy atom. The van der Waals surface area contributed by atoms with Gasteiger partial charge in [-0.2, -0.15) is 0 Å². The van der Waals surface area contributed by atoms with Gasteiger partial charge in [-0.1, -0.05) is 28.1 Å². The summed E-state index contributed by atoms with van der Waals surface area (Å²) in [5.74, 6) is 0.185. The molecular formula is C15H20BrNO2. The molecule has 4 heteroatoms. The van der Waals surface area contributed by atoms with Crippen LogP contribution < -0.4 is 0 Å². The summed E-state index contributed by atoms with van der Waals surface area (Å²) in [5, 5.41) is 0. The quantitative estimate of drug-likeness (QED) is 0.779. The molecule has 0 N–H and O–H groups in total. The number of likely N-dealkylation sites (tertiary alicyclic amines) is 1. The number of hydrogen-bond donors (Lipinski definition) is 0. The average Bonchev–Trinajstić information content (AvgIpc) is 2.40. The van der Waals surface area contributed by atoms with Gasteiger partial charge in [-0.15, -0.1) is 0 Å². The van der Waals surface area contributed by atoms with E-state index in [1.54, 1.807) is 0 Å². The lowest BCUT2D eigenvalue weighted by Gasteiger charge is -2.31. The van der Waals surface area contributed by atoms with Gasteiger partial charge in [-0.05, 0) is 38.4 Å². The van der Waals surface area contributed by atoms with E-state index in [-0.39, 0.29) is 11.9 Å². The maximum atomic E-state index is 12.2. The third kappa shape index (κ3) is 4.41. The molecular weight excluding hydrogens is 306 g/mol. The average molecular weight is 326 g/mol. The number of ether oxygens (including phenoxy) is 1. The molecule has 3 nitrogen and oxygen atoms in total. The van der Waals surface area contributed by atoms with Crippen LogP contribution in [0.4, 0.5) is 0 Å². The minimum atomic E-state index is 0.185. The fourth-order valence-corrected chi connectivity index (χ4v) is 2.72. The fraction of sp³-hybridized carbons (Fsp3) is 0.533. The fourth-order valence-electron chi connectivity index (χ4n) is 2.46. The molecule has 1 aromatic carbocycles. The van der Waals surface area contributed by atoms with Crippen LogP contribution in [0.1, 0.15) is 30.1 Å². The first-order valence-electron chi connectivity index (χ1n) is 6.81. The van der Waals surface area contributed by atoms with Crippen LogP contribution in [0.3, 0.4) is 0 Å². The molecule has 0 saturated carbocycles. The number of halogens is 1. The van der Waals surface area contributed by atoms with E-state index >= 15 is 0 Å². The maximum absolute atomic E-state index is 12.2. The van der Waals surface area contributed by atoms with Gasteiger partial charge in [0.25, 0.3) is 0 Å². The molecule has 1 fully saturated rings. The summed E-state index contributed by atoms with van der Waals surface area (Å²) in [6.45, 7) is 5.12. The van der Waals surface area contributed by atoms with E-state index in [9.17, 15) is 4.79 Å². The Labute approximate surface area is 123 Å². The lowest BCUT2D eigenvalue weighted by Crippen LogP contribution is -2.42. The summed E-state index contributed by atoms with van der Waals surface area (Å²) < 4.78 is 6.66. The highest BCUT2D eigenvalue weighted by Gasteiger charge is 2.22.